The van der Waals surface area contributed by atoms with E-state index in [0.717, 1.165) is 42.8 Å². The number of nitrogens with one attached hydrogen (secondary N) is 2. The number of hydrogen-bond acceptors (Lipinski definition) is 5. The molecule has 0 spiro atoms. The monoisotopic (exact) mass is 414 g/mol. The highest BCUT2D eigenvalue weighted by Crippen LogP contribution is 2.24. The number of amides is 3. The van der Waals surface area contributed by atoms with Gasteiger partial charge < -0.3 is 16.4 Å². The number of carbonyl (C=O) groups is 3. The van der Waals surface area contributed by atoms with E-state index in [1.54, 1.807) is 0 Å². The number of imide groups is 1. The molecule has 0 aliphatic carbocycles. The summed E-state index contributed by atoms with van der Waals surface area (Å²) in [6, 6.07) is 4.74. The minimum Gasteiger partial charge on any atom is -0.384 e. The first kappa shape index (κ1) is 23.6. The van der Waals surface area contributed by atoms with Crippen molar-refractivity contribution in [2.75, 3.05) is 18.4 Å². The fourth-order valence-corrected chi connectivity index (χ4v) is 3.72. The van der Waals surface area contributed by atoms with Crippen molar-refractivity contribution >= 4 is 23.9 Å². The number of nitrogens with two attached hydrogens (primary N) is 1. The Morgan fingerprint density at radius 3 is 2.63 bits per heavy atom. The Morgan fingerprint density at radius 1 is 1.27 bits per heavy atom. The van der Waals surface area contributed by atoms with Crippen LogP contribution in [0.3, 0.4) is 0 Å². The molecule has 30 heavy (non-hydrogen) atoms. The molecule has 1 unspecified atom stereocenters. The lowest BCUT2D eigenvalue weighted by Crippen LogP contribution is -2.51. The van der Waals surface area contributed by atoms with Crippen LogP contribution in [-0.4, -0.2) is 42.3 Å². The van der Waals surface area contributed by atoms with Gasteiger partial charge in [-0.1, -0.05) is 44.4 Å². The number of unbranched alkanes of at least 4 members (excludes halogenated alkanes) is 5. The molecule has 1 fully saturated rings. The number of piperidine rings is 1. The van der Waals surface area contributed by atoms with E-state index in [4.69, 9.17) is 5.73 Å². The lowest BCUT2D eigenvalue weighted by Gasteiger charge is -2.30. The van der Waals surface area contributed by atoms with Crippen LogP contribution in [0.4, 0.5) is 5.69 Å². The van der Waals surface area contributed by atoms with Crippen LogP contribution in [0, 0.1) is 6.92 Å². The Balaban J connectivity index is 2.02. The van der Waals surface area contributed by atoms with Crippen LogP contribution in [0.2, 0.25) is 0 Å². The minimum absolute atomic E-state index is 0.371. The third-order valence-electron chi connectivity index (χ3n) is 5.44. The maximum absolute atomic E-state index is 13.2. The highest BCUT2D eigenvalue weighted by Gasteiger charge is 2.34. The predicted octanol–water partition coefficient (Wildman–Crippen LogP) is 3.10. The van der Waals surface area contributed by atoms with Crippen molar-refractivity contribution in [1.82, 2.24) is 10.2 Å². The van der Waals surface area contributed by atoms with Crippen LogP contribution >= 0.6 is 0 Å². The normalized spacial score (nSPS) is 16.1. The largest absolute Gasteiger partial charge is 0.384 e. The summed E-state index contributed by atoms with van der Waals surface area (Å²) in [4.78, 5) is 38.3. The summed E-state index contributed by atoms with van der Waals surface area (Å²) in [5.74, 6) is -0.829. The van der Waals surface area contributed by atoms with Crippen LogP contribution in [0.5, 0.6) is 0 Å². The first-order chi connectivity index (χ1) is 14.5. The summed E-state index contributed by atoms with van der Waals surface area (Å²) in [5, 5.41) is 5.98. The predicted molar refractivity (Wildman–Crippen MR) is 119 cm³/mol. The maximum Gasteiger partial charge on any atom is 0.263 e. The summed E-state index contributed by atoms with van der Waals surface area (Å²) in [6.45, 7) is 7.07. The van der Waals surface area contributed by atoms with Gasteiger partial charge in [-0.15, -0.1) is 0 Å². The van der Waals surface area contributed by atoms with Gasteiger partial charge in [0.1, 0.15) is 6.04 Å². The van der Waals surface area contributed by atoms with Crippen molar-refractivity contribution in [2.45, 2.75) is 64.3 Å². The Bertz CT molecular complexity index is 763. The van der Waals surface area contributed by atoms with Gasteiger partial charge in [0.05, 0.1) is 5.56 Å². The van der Waals surface area contributed by atoms with Gasteiger partial charge in [0.2, 0.25) is 12.3 Å². The molecule has 1 heterocycles. The zero-order valence-corrected chi connectivity index (χ0v) is 17.9. The maximum atomic E-state index is 13.2. The number of carbonyl (C=O) groups excluding carboxylic acids is 3. The van der Waals surface area contributed by atoms with Crippen molar-refractivity contribution < 1.29 is 14.4 Å². The number of benzene rings is 1. The van der Waals surface area contributed by atoms with E-state index in [9.17, 15) is 14.4 Å². The zero-order valence-electron chi connectivity index (χ0n) is 17.9. The fourth-order valence-electron chi connectivity index (χ4n) is 3.72. The number of aryl methyl sites for hydroxylation is 1. The lowest BCUT2D eigenvalue weighted by atomic mass is 10.00. The van der Waals surface area contributed by atoms with Crippen molar-refractivity contribution in [3.05, 3.63) is 41.6 Å². The first-order valence-corrected chi connectivity index (χ1v) is 10.8. The Morgan fingerprint density at radius 2 is 1.97 bits per heavy atom. The summed E-state index contributed by atoms with van der Waals surface area (Å²) in [6.07, 6.45) is 8.09. The number of allylic oxidation sites excluding steroid dienone is 1. The van der Waals surface area contributed by atoms with Crippen LogP contribution in [0.25, 0.3) is 0 Å². The quantitative estimate of drug-likeness (QED) is 0.360. The minimum atomic E-state index is -0.818. The molecule has 1 aliphatic heterocycles. The van der Waals surface area contributed by atoms with E-state index in [-0.39, 0.29) is 5.91 Å². The van der Waals surface area contributed by atoms with Gasteiger partial charge in [0.25, 0.3) is 5.91 Å². The molecule has 0 radical (unpaired) electrons. The molecule has 3 amide bonds. The summed E-state index contributed by atoms with van der Waals surface area (Å²) >= 11 is 0. The molecule has 4 N–H and O–H groups in total. The molecule has 7 heteroatoms. The van der Waals surface area contributed by atoms with Gasteiger partial charge in [0, 0.05) is 17.9 Å². The second-order valence-electron chi connectivity index (χ2n) is 7.80. The molecule has 1 aromatic rings. The van der Waals surface area contributed by atoms with E-state index >= 15 is 0 Å². The number of rotatable bonds is 12. The Labute approximate surface area is 179 Å². The molecule has 1 aliphatic rings. The molecular formula is C23H34N4O3. The highest BCUT2D eigenvalue weighted by molar-refractivity contribution is 6.07. The molecule has 0 bridgehead atoms. The number of nitrogens with zero attached hydrogens (tertiary/aromatic N) is 1. The van der Waals surface area contributed by atoms with Gasteiger partial charge in [-0.2, -0.15) is 0 Å². The molecule has 0 aromatic heterocycles. The Kier molecular flexibility index (Phi) is 9.54. The van der Waals surface area contributed by atoms with E-state index < -0.39 is 11.9 Å². The van der Waals surface area contributed by atoms with Gasteiger partial charge in [-0.05, 0) is 50.8 Å². The van der Waals surface area contributed by atoms with E-state index in [0.29, 0.717) is 36.2 Å². The standard InChI is InChI=1S/C23H34N4O3/c1-17-10-9-11-19(25-15-8-6-4-3-5-7-14-24)21(17)23(30)27(16-28)20-13-12-18(2)26-22(20)29/h9-11,16,20,25H,2-8,12-15,24H2,1H3,(H,26,29). The lowest BCUT2D eigenvalue weighted by molar-refractivity contribution is -0.131. The van der Waals surface area contributed by atoms with E-state index in [2.05, 4.69) is 17.2 Å². The smallest absolute Gasteiger partial charge is 0.263 e. The summed E-state index contributed by atoms with van der Waals surface area (Å²) in [5.41, 5.74) is 8.01. The van der Waals surface area contributed by atoms with Gasteiger partial charge in [-0.25, -0.2) is 0 Å². The van der Waals surface area contributed by atoms with Crippen LogP contribution < -0.4 is 16.4 Å². The molecule has 2 rings (SSSR count). The highest BCUT2D eigenvalue weighted by atomic mass is 16.2. The third-order valence-corrected chi connectivity index (χ3v) is 5.44. The number of hydrogen-bond donors (Lipinski definition) is 3. The van der Waals surface area contributed by atoms with Crippen LogP contribution in [-0.2, 0) is 9.59 Å². The van der Waals surface area contributed by atoms with E-state index in [1.165, 1.54) is 19.3 Å². The molecule has 1 atom stereocenters. The van der Waals surface area contributed by atoms with Gasteiger partial charge >= 0.3 is 0 Å². The van der Waals surface area contributed by atoms with Gasteiger partial charge in [-0.3, -0.25) is 19.3 Å². The average molecular weight is 415 g/mol. The summed E-state index contributed by atoms with van der Waals surface area (Å²) in [7, 11) is 0. The van der Waals surface area contributed by atoms with Crippen molar-refractivity contribution in [3.8, 4) is 0 Å². The molecule has 1 saturated heterocycles. The van der Waals surface area contributed by atoms with Gasteiger partial charge in [0.15, 0.2) is 0 Å². The second-order valence-corrected chi connectivity index (χ2v) is 7.80. The third kappa shape index (κ3) is 6.42. The molecule has 164 valence electrons. The SMILES string of the molecule is C=C1CCC(N(C=O)C(=O)c2c(C)cccc2NCCCCCCCCN)C(=O)N1. The molecular weight excluding hydrogens is 380 g/mol. The molecule has 1 aromatic carbocycles. The van der Waals surface area contributed by atoms with Crippen molar-refractivity contribution in [3.63, 3.8) is 0 Å². The zero-order chi connectivity index (χ0) is 21.9. The summed E-state index contributed by atoms with van der Waals surface area (Å²) < 4.78 is 0. The fraction of sp³-hybridized carbons (Fsp3) is 0.522. The van der Waals surface area contributed by atoms with Crippen LogP contribution in [0.1, 0.15) is 67.3 Å². The molecule has 0 saturated carbocycles. The first-order valence-electron chi connectivity index (χ1n) is 10.8. The van der Waals surface area contributed by atoms with Crippen LogP contribution in [0.15, 0.2) is 30.5 Å². The topological polar surface area (TPSA) is 105 Å². The van der Waals surface area contributed by atoms with Crippen molar-refractivity contribution in [2.24, 2.45) is 5.73 Å². The molecule has 7 nitrogen and oxygen atoms in total. The average Bonchev–Trinajstić information content (AvgIpc) is 2.72. The number of anilines is 1. The van der Waals surface area contributed by atoms with Crippen molar-refractivity contribution in [1.29, 1.82) is 0 Å². The Hall–Kier alpha value is -2.67. The second kappa shape index (κ2) is 12.1. The van der Waals surface area contributed by atoms with E-state index in [1.807, 2.05) is 25.1 Å².